The van der Waals surface area contributed by atoms with Crippen molar-refractivity contribution in [3.8, 4) is 0 Å². The van der Waals surface area contributed by atoms with Gasteiger partial charge < -0.3 is 10.4 Å². The quantitative estimate of drug-likeness (QED) is 0.876. The number of hydrogen-bond acceptors (Lipinski definition) is 3. The summed E-state index contributed by atoms with van der Waals surface area (Å²) in [6, 6.07) is 2.42. The zero-order valence-electron chi connectivity index (χ0n) is 9.51. The molecule has 0 atom stereocenters. The van der Waals surface area contributed by atoms with Gasteiger partial charge in [-0.1, -0.05) is 0 Å². The summed E-state index contributed by atoms with van der Waals surface area (Å²) in [6.07, 6.45) is -4.40. The van der Waals surface area contributed by atoms with Gasteiger partial charge in [0.05, 0.1) is 5.56 Å². The van der Waals surface area contributed by atoms with Gasteiger partial charge in [0.15, 0.2) is 0 Å². The van der Waals surface area contributed by atoms with E-state index in [1.165, 1.54) is 13.0 Å². The van der Waals surface area contributed by atoms with Gasteiger partial charge in [0.25, 0.3) is 0 Å². The third-order valence-electron chi connectivity index (χ3n) is 2.86. The van der Waals surface area contributed by atoms with Gasteiger partial charge in [-0.2, -0.15) is 13.2 Å². The van der Waals surface area contributed by atoms with Gasteiger partial charge in [0.2, 0.25) is 0 Å². The van der Waals surface area contributed by atoms with Crippen molar-refractivity contribution in [1.29, 1.82) is 0 Å². The highest BCUT2D eigenvalue weighted by Crippen LogP contribution is 2.50. The zero-order valence-corrected chi connectivity index (χ0v) is 9.51. The maximum Gasteiger partial charge on any atom is 0.411 e. The van der Waals surface area contributed by atoms with Gasteiger partial charge in [-0.25, -0.2) is 9.78 Å². The summed E-state index contributed by atoms with van der Waals surface area (Å²) in [4.78, 5) is 14.7. The lowest BCUT2D eigenvalue weighted by molar-refractivity contribution is -0.151. The number of rotatable bonds is 3. The van der Waals surface area contributed by atoms with E-state index < -0.39 is 17.7 Å². The number of carboxylic acids is 1. The Kier molecular flexibility index (Phi) is 2.71. The average molecular weight is 260 g/mol. The molecule has 0 amide bonds. The van der Waals surface area contributed by atoms with Crippen molar-refractivity contribution in [2.24, 2.45) is 0 Å². The molecule has 1 aliphatic rings. The van der Waals surface area contributed by atoms with Crippen LogP contribution in [-0.2, 0) is 0 Å². The molecule has 4 nitrogen and oxygen atoms in total. The molecule has 7 heteroatoms. The van der Waals surface area contributed by atoms with Crippen molar-refractivity contribution >= 4 is 11.8 Å². The summed E-state index contributed by atoms with van der Waals surface area (Å²) in [5, 5.41) is 11.1. The molecular weight excluding hydrogens is 249 g/mol. The number of aromatic carboxylic acids is 1. The lowest BCUT2D eigenvalue weighted by Gasteiger charge is -2.21. The fourth-order valence-electron chi connectivity index (χ4n) is 1.71. The van der Waals surface area contributed by atoms with Crippen LogP contribution in [0.15, 0.2) is 12.1 Å². The van der Waals surface area contributed by atoms with E-state index >= 15 is 0 Å². The van der Waals surface area contributed by atoms with Crippen LogP contribution < -0.4 is 5.32 Å². The number of aryl methyl sites for hydroxylation is 1. The highest BCUT2D eigenvalue weighted by molar-refractivity contribution is 5.88. The Labute approximate surface area is 101 Å². The first-order valence-electron chi connectivity index (χ1n) is 5.30. The van der Waals surface area contributed by atoms with Gasteiger partial charge in [-0.3, -0.25) is 0 Å². The Morgan fingerprint density at radius 3 is 2.50 bits per heavy atom. The number of nitrogens with zero attached hydrogens (tertiary/aromatic N) is 1. The van der Waals surface area contributed by atoms with Gasteiger partial charge >= 0.3 is 12.1 Å². The molecule has 98 valence electrons. The maximum absolute atomic E-state index is 12.7. The molecule has 0 saturated heterocycles. The average Bonchev–Trinajstić information content (AvgIpc) is 2.96. The van der Waals surface area contributed by atoms with Crippen molar-refractivity contribution in [3.63, 3.8) is 0 Å². The lowest BCUT2D eigenvalue weighted by atomic mass is 10.2. The van der Waals surface area contributed by atoms with E-state index in [0.717, 1.165) is 6.07 Å². The molecule has 18 heavy (non-hydrogen) atoms. The summed E-state index contributed by atoms with van der Waals surface area (Å²) in [5.41, 5.74) is -1.66. The van der Waals surface area contributed by atoms with E-state index in [4.69, 9.17) is 5.11 Å². The summed E-state index contributed by atoms with van der Waals surface area (Å²) in [7, 11) is 0. The van der Waals surface area contributed by atoms with Crippen LogP contribution in [-0.4, -0.2) is 27.8 Å². The normalized spacial score (nSPS) is 17.3. The van der Waals surface area contributed by atoms with Crippen LogP contribution >= 0.6 is 0 Å². The molecular formula is C11H11F3N2O2. The molecule has 0 spiro atoms. The molecule has 1 fully saturated rings. The topological polar surface area (TPSA) is 62.2 Å². The number of aromatic nitrogens is 1. The van der Waals surface area contributed by atoms with Crippen molar-refractivity contribution in [1.82, 2.24) is 4.98 Å². The highest BCUT2D eigenvalue weighted by atomic mass is 19.4. The standard InChI is InChI=1S/C11H11F3N2O2/c1-6-4-7(9(17)18)5-8(15-6)16-10(2-3-10)11(12,13)14/h4-5H,2-3H2,1H3,(H,15,16)(H,17,18). The molecule has 1 aromatic heterocycles. The molecule has 0 aliphatic heterocycles. The van der Waals surface area contributed by atoms with Crippen LogP contribution in [0.2, 0.25) is 0 Å². The molecule has 0 bridgehead atoms. The van der Waals surface area contributed by atoms with Crippen molar-refractivity contribution in [3.05, 3.63) is 23.4 Å². The third kappa shape index (κ3) is 2.25. The second-order valence-corrected chi connectivity index (χ2v) is 4.39. The van der Waals surface area contributed by atoms with Gasteiger partial charge in [-0.05, 0) is 31.9 Å². The predicted molar refractivity (Wildman–Crippen MR) is 57.6 cm³/mol. The second-order valence-electron chi connectivity index (χ2n) is 4.39. The number of carboxylic acid groups (broad SMARTS) is 1. The molecule has 1 saturated carbocycles. The predicted octanol–water partition coefficient (Wildman–Crippen LogP) is 2.60. The number of pyridine rings is 1. The summed E-state index contributed by atoms with van der Waals surface area (Å²) in [6.45, 7) is 1.53. The molecule has 0 unspecified atom stereocenters. The van der Waals surface area contributed by atoms with Crippen molar-refractivity contribution < 1.29 is 23.1 Å². The van der Waals surface area contributed by atoms with Crippen LogP contribution in [0.1, 0.15) is 28.9 Å². The number of anilines is 1. The monoisotopic (exact) mass is 260 g/mol. The van der Waals surface area contributed by atoms with E-state index in [0.29, 0.717) is 5.69 Å². The van der Waals surface area contributed by atoms with Crippen molar-refractivity contribution in [2.45, 2.75) is 31.5 Å². The fraction of sp³-hybridized carbons (Fsp3) is 0.455. The van der Waals surface area contributed by atoms with E-state index in [-0.39, 0.29) is 24.2 Å². The minimum absolute atomic E-state index is 0.0193. The van der Waals surface area contributed by atoms with Gasteiger partial charge in [0, 0.05) is 5.69 Å². The van der Waals surface area contributed by atoms with Crippen molar-refractivity contribution in [2.75, 3.05) is 5.32 Å². The Morgan fingerprint density at radius 1 is 1.44 bits per heavy atom. The highest BCUT2D eigenvalue weighted by Gasteiger charge is 2.63. The number of halogens is 3. The number of carbonyl (C=O) groups is 1. The Morgan fingerprint density at radius 2 is 2.06 bits per heavy atom. The van der Waals surface area contributed by atoms with E-state index in [1.54, 1.807) is 0 Å². The Bertz CT molecular complexity index is 496. The van der Waals surface area contributed by atoms with E-state index in [9.17, 15) is 18.0 Å². The summed E-state index contributed by atoms with van der Waals surface area (Å²) < 4.78 is 38.2. The molecule has 1 heterocycles. The minimum Gasteiger partial charge on any atom is -0.478 e. The Balaban J connectivity index is 2.28. The molecule has 2 N–H and O–H groups in total. The first-order valence-corrected chi connectivity index (χ1v) is 5.30. The van der Waals surface area contributed by atoms with Crippen LogP contribution in [0.5, 0.6) is 0 Å². The number of alkyl halides is 3. The smallest absolute Gasteiger partial charge is 0.411 e. The van der Waals surface area contributed by atoms with Gasteiger partial charge in [0.1, 0.15) is 11.4 Å². The first-order chi connectivity index (χ1) is 8.23. The summed E-state index contributed by atoms with van der Waals surface area (Å²) in [5.74, 6) is -1.25. The second kappa shape index (κ2) is 3.86. The number of nitrogens with one attached hydrogen (secondary N) is 1. The molecule has 0 aromatic carbocycles. The minimum atomic E-state index is -4.36. The first kappa shape index (κ1) is 12.7. The fourth-order valence-corrected chi connectivity index (χ4v) is 1.71. The number of hydrogen-bond donors (Lipinski definition) is 2. The largest absolute Gasteiger partial charge is 0.478 e. The summed E-state index contributed by atoms with van der Waals surface area (Å²) >= 11 is 0. The molecule has 2 rings (SSSR count). The van der Waals surface area contributed by atoms with E-state index in [1.807, 2.05) is 0 Å². The zero-order chi connectivity index (χ0) is 13.6. The van der Waals surface area contributed by atoms with Crippen LogP contribution in [0, 0.1) is 6.92 Å². The van der Waals surface area contributed by atoms with Crippen LogP contribution in [0.25, 0.3) is 0 Å². The van der Waals surface area contributed by atoms with Crippen LogP contribution in [0.4, 0.5) is 19.0 Å². The maximum atomic E-state index is 12.7. The molecule has 1 aliphatic carbocycles. The SMILES string of the molecule is Cc1cc(C(=O)O)cc(NC2(C(F)(F)F)CC2)n1. The van der Waals surface area contributed by atoms with E-state index in [2.05, 4.69) is 10.3 Å². The third-order valence-corrected chi connectivity index (χ3v) is 2.86. The Hall–Kier alpha value is -1.79. The molecule has 1 aromatic rings. The molecule has 0 radical (unpaired) electrons. The van der Waals surface area contributed by atoms with Gasteiger partial charge in [-0.15, -0.1) is 0 Å². The van der Waals surface area contributed by atoms with Crippen LogP contribution in [0.3, 0.4) is 0 Å². The lowest BCUT2D eigenvalue weighted by Crippen LogP contribution is -2.39.